The van der Waals surface area contributed by atoms with Crippen LogP contribution >= 0.6 is 0 Å². The molecule has 0 aliphatic carbocycles. The summed E-state index contributed by atoms with van der Waals surface area (Å²) in [6, 6.07) is 0. The van der Waals surface area contributed by atoms with E-state index in [9.17, 15) is 0 Å². The smallest absolute Gasteiger partial charge is 0.0464 e. The Morgan fingerprint density at radius 1 is 1.40 bits per heavy atom. The van der Waals surface area contributed by atoms with Gasteiger partial charge in [0.1, 0.15) is 0 Å². The average molecular weight is 145 g/mol. The summed E-state index contributed by atoms with van der Waals surface area (Å²) >= 11 is 0. The van der Waals surface area contributed by atoms with Crippen LogP contribution in [-0.2, 0) is 0 Å². The van der Waals surface area contributed by atoms with Crippen molar-refractivity contribution in [2.24, 2.45) is 17.1 Å². The summed E-state index contributed by atoms with van der Waals surface area (Å²) in [5.74, 6) is 0.345. The molecule has 0 saturated heterocycles. The van der Waals surface area contributed by atoms with Gasteiger partial charge in [-0.15, -0.1) is 0 Å². The topological polar surface area (TPSA) is 46.2 Å². The van der Waals surface area contributed by atoms with E-state index in [-0.39, 0.29) is 12.0 Å². The molecule has 0 aliphatic rings. The highest BCUT2D eigenvalue weighted by Crippen LogP contribution is 2.27. The van der Waals surface area contributed by atoms with E-state index < -0.39 is 0 Å². The molecule has 1 atom stereocenters. The molecule has 2 nitrogen and oxygen atoms in total. The first-order valence-electron chi connectivity index (χ1n) is 3.83. The zero-order chi connectivity index (χ0) is 8.20. The molecule has 0 bridgehead atoms. The van der Waals surface area contributed by atoms with Crippen molar-refractivity contribution in [2.75, 3.05) is 13.2 Å². The second-order valence-corrected chi connectivity index (χ2v) is 3.82. The van der Waals surface area contributed by atoms with Gasteiger partial charge in [0, 0.05) is 6.61 Å². The van der Waals surface area contributed by atoms with E-state index in [1.54, 1.807) is 0 Å². The van der Waals surface area contributed by atoms with E-state index >= 15 is 0 Å². The Morgan fingerprint density at radius 3 is 2.00 bits per heavy atom. The van der Waals surface area contributed by atoms with Crippen molar-refractivity contribution in [2.45, 2.75) is 27.2 Å². The Balaban J connectivity index is 3.81. The van der Waals surface area contributed by atoms with E-state index in [1.807, 2.05) is 0 Å². The molecule has 0 radical (unpaired) electrons. The maximum Gasteiger partial charge on any atom is 0.0464 e. The van der Waals surface area contributed by atoms with Gasteiger partial charge in [-0.05, 0) is 24.3 Å². The van der Waals surface area contributed by atoms with Crippen LogP contribution in [0.1, 0.15) is 27.2 Å². The molecule has 0 saturated carbocycles. The third-order valence-electron chi connectivity index (χ3n) is 1.96. The molecule has 0 aliphatic heterocycles. The van der Waals surface area contributed by atoms with Gasteiger partial charge < -0.3 is 10.8 Å². The molecule has 0 rings (SSSR count). The predicted octanol–water partition coefficient (Wildman–Crippen LogP) is 0.990. The summed E-state index contributed by atoms with van der Waals surface area (Å²) in [6.07, 6.45) is 0.917. The SMILES string of the molecule is CC(C)(C)C(CO)CCN. The van der Waals surface area contributed by atoms with E-state index in [1.165, 1.54) is 0 Å². The Morgan fingerprint density at radius 2 is 1.90 bits per heavy atom. The van der Waals surface area contributed by atoms with Crippen molar-refractivity contribution in [3.05, 3.63) is 0 Å². The lowest BCUT2D eigenvalue weighted by molar-refractivity contribution is 0.125. The summed E-state index contributed by atoms with van der Waals surface area (Å²) in [5.41, 5.74) is 5.58. The largest absolute Gasteiger partial charge is 0.396 e. The fourth-order valence-electron chi connectivity index (χ4n) is 0.999. The lowest BCUT2D eigenvalue weighted by Crippen LogP contribution is -2.26. The van der Waals surface area contributed by atoms with Crippen LogP contribution in [-0.4, -0.2) is 18.3 Å². The summed E-state index contributed by atoms with van der Waals surface area (Å²) in [4.78, 5) is 0. The maximum absolute atomic E-state index is 8.94. The number of rotatable bonds is 3. The number of aliphatic hydroxyl groups is 1. The molecular formula is C8H19NO. The fourth-order valence-corrected chi connectivity index (χ4v) is 0.999. The second-order valence-electron chi connectivity index (χ2n) is 3.82. The third-order valence-corrected chi connectivity index (χ3v) is 1.96. The highest BCUT2D eigenvalue weighted by molar-refractivity contribution is 4.73. The maximum atomic E-state index is 8.94. The standard InChI is InChI=1S/C8H19NO/c1-8(2,3)7(6-10)4-5-9/h7,10H,4-6,9H2,1-3H3. The number of nitrogens with two attached hydrogens (primary N) is 1. The van der Waals surface area contributed by atoms with Crippen molar-refractivity contribution in [1.29, 1.82) is 0 Å². The second kappa shape index (κ2) is 3.94. The van der Waals surface area contributed by atoms with Gasteiger partial charge in [0.05, 0.1) is 0 Å². The number of aliphatic hydroxyl groups excluding tert-OH is 1. The van der Waals surface area contributed by atoms with Crippen molar-refractivity contribution in [3.8, 4) is 0 Å². The number of hydrogen-bond donors (Lipinski definition) is 2. The normalized spacial score (nSPS) is 15.3. The van der Waals surface area contributed by atoms with Gasteiger partial charge in [0.2, 0.25) is 0 Å². The van der Waals surface area contributed by atoms with E-state index in [4.69, 9.17) is 10.8 Å². The molecule has 3 N–H and O–H groups in total. The molecular weight excluding hydrogens is 126 g/mol. The Hall–Kier alpha value is -0.0800. The molecule has 10 heavy (non-hydrogen) atoms. The van der Waals surface area contributed by atoms with Crippen LogP contribution in [0.5, 0.6) is 0 Å². The average Bonchev–Trinajstić information content (AvgIpc) is 1.80. The minimum Gasteiger partial charge on any atom is -0.396 e. The lowest BCUT2D eigenvalue weighted by Gasteiger charge is -2.28. The van der Waals surface area contributed by atoms with Crippen LogP contribution < -0.4 is 5.73 Å². The van der Waals surface area contributed by atoms with Crippen LogP contribution in [0.25, 0.3) is 0 Å². The van der Waals surface area contributed by atoms with Crippen molar-refractivity contribution in [3.63, 3.8) is 0 Å². The van der Waals surface area contributed by atoms with Crippen LogP contribution in [0.15, 0.2) is 0 Å². The summed E-state index contributed by atoms with van der Waals surface area (Å²) in [6.45, 7) is 7.31. The van der Waals surface area contributed by atoms with Gasteiger partial charge in [-0.2, -0.15) is 0 Å². The van der Waals surface area contributed by atoms with Crippen molar-refractivity contribution >= 4 is 0 Å². The zero-order valence-corrected chi connectivity index (χ0v) is 7.22. The molecule has 0 amide bonds. The van der Waals surface area contributed by atoms with Gasteiger partial charge in [0.25, 0.3) is 0 Å². The third kappa shape index (κ3) is 3.18. The molecule has 0 spiro atoms. The predicted molar refractivity (Wildman–Crippen MR) is 43.7 cm³/mol. The highest BCUT2D eigenvalue weighted by atomic mass is 16.3. The molecule has 2 heteroatoms. The van der Waals surface area contributed by atoms with Gasteiger partial charge in [-0.3, -0.25) is 0 Å². The monoisotopic (exact) mass is 145 g/mol. The quantitative estimate of drug-likeness (QED) is 0.622. The summed E-state index contributed by atoms with van der Waals surface area (Å²) in [5, 5.41) is 8.94. The molecule has 0 aromatic rings. The van der Waals surface area contributed by atoms with Gasteiger partial charge >= 0.3 is 0 Å². The zero-order valence-electron chi connectivity index (χ0n) is 7.22. The van der Waals surface area contributed by atoms with Crippen molar-refractivity contribution < 1.29 is 5.11 Å². The molecule has 62 valence electrons. The molecule has 0 fully saturated rings. The molecule has 1 unspecified atom stereocenters. The first kappa shape index (κ1) is 9.92. The van der Waals surface area contributed by atoms with Crippen LogP contribution in [0.2, 0.25) is 0 Å². The summed E-state index contributed by atoms with van der Waals surface area (Å²) < 4.78 is 0. The first-order valence-corrected chi connectivity index (χ1v) is 3.83. The van der Waals surface area contributed by atoms with Crippen LogP contribution in [0, 0.1) is 11.3 Å². The van der Waals surface area contributed by atoms with E-state index in [0.717, 1.165) is 6.42 Å². The summed E-state index contributed by atoms with van der Waals surface area (Å²) in [7, 11) is 0. The lowest BCUT2D eigenvalue weighted by atomic mass is 9.79. The van der Waals surface area contributed by atoms with Gasteiger partial charge in [0.15, 0.2) is 0 Å². The van der Waals surface area contributed by atoms with Gasteiger partial charge in [-0.25, -0.2) is 0 Å². The van der Waals surface area contributed by atoms with Gasteiger partial charge in [-0.1, -0.05) is 20.8 Å². The minimum absolute atomic E-state index is 0.189. The Bertz CT molecular complexity index is 85.7. The highest BCUT2D eigenvalue weighted by Gasteiger charge is 2.22. The molecule has 0 aromatic carbocycles. The fraction of sp³-hybridized carbons (Fsp3) is 1.00. The molecule has 0 aromatic heterocycles. The van der Waals surface area contributed by atoms with Crippen molar-refractivity contribution in [1.82, 2.24) is 0 Å². The van der Waals surface area contributed by atoms with Crippen LogP contribution in [0.3, 0.4) is 0 Å². The minimum atomic E-state index is 0.189. The Kier molecular flexibility index (Phi) is 3.91. The van der Waals surface area contributed by atoms with E-state index in [0.29, 0.717) is 12.5 Å². The molecule has 0 heterocycles. The Labute approximate surface area is 63.4 Å². The number of hydrogen-bond acceptors (Lipinski definition) is 2. The van der Waals surface area contributed by atoms with E-state index in [2.05, 4.69) is 20.8 Å². The van der Waals surface area contributed by atoms with Crippen LogP contribution in [0.4, 0.5) is 0 Å². The first-order chi connectivity index (χ1) is 4.52.